The summed E-state index contributed by atoms with van der Waals surface area (Å²) in [6.07, 6.45) is 3.99. The molecule has 0 aliphatic carbocycles. The highest BCUT2D eigenvalue weighted by molar-refractivity contribution is 7.85. The van der Waals surface area contributed by atoms with Gasteiger partial charge in [0.15, 0.2) is 0 Å². The molecule has 0 aliphatic heterocycles. The van der Waals surface area contributed by atoms with Crippen LogP contribution < -0.4 is 0 Å². The van der Waals surface area contributed by atoms with E-state index >= 15 is 0 Å². The van der Waals surface area contributed by atoms with Crippen LogP contribution in [0.15, 0.2) is 41.2 Å². The van der Waals surface area contributed by atoms with Crippen molar-refractivity contribution < 1.29 is 17.5 Å². The molecule has 0 spiro atoms. The van der Waals surface area contributed by atoms with Gasteiger partial charge < -0.3 is 4.52 Å². The second-order valence-corrected chi connectivity index (χ2v) is 3.51. The number of aromatic nitrogens is 1. The molecule has 74 valence electrons. The summed E-state index contributed by atoms with van der Waals surface area (Å²) in [5, 5.41) is 2.57. The quantitative estimate of drug-likeness (QED) is 0.624. The van der Waals surface area contributed by atoms with E-state index in [4.69, 9.17) is 9.08 Å². The highest BCUT2D eigenvalue weighted by Gasteiger charge is 1.81. The standard InChI is InChI=1S/C6H7NO.CH4O3S/c1-2-4-6-8-7-5-3-1;1-5(2,3)4/h1-7H;1H3,(H,2,3,4). The van der Waals surface area contributed by atoms with Crippen LogP contribution in [0.25, 0.3) is 0 Å². The van der Waals surface area contributed by atoms with Gasteiger partial charge in [-0.2, -0.15) is 8.42 Å². The van der Waals surface area contributed by atoms with E-state index < -0.39 is 10.1 Å². The summed E-state index contributed by atoms with van der Waals surface area (Å²) in [6, 6.07) is 7.45. The Balaban J connectivity index is 0.000000252. The van der Waals surface area contributed by atoms with Crippen molar-refractivity contribution in [1.82, 2.24) is 5.16 Å². The molecule has 1 heterocycles. The molecule has 1 aromatic rings. The maximum atomic E-state index is 9.19. The van der Waals surface area contributed by atoms with Gasteiger partial charge in [0.1, 0.15) is 6.26 Å². The third kappa shape index (κ3) is 18.1. The predicted octanol–water partition coefficient (Wildman–Crippen LogP) is 1.24. The van der Waals surface area contributed by atoms with Crippen LogP contribution in [0.1, 0.15) is 0 Å². The molecule has 0 bridgehead atoms. The molecule has 0 radical (unpaired) electrons. The highest BCUT2D eigenvalue weighted by Crippen LogP contribution is 1.75. The molecule has 0 fully saturated rings. The minimum Gasteiger partial charge on any atom is -0.391 e. The van der Waals surface area contributed by atoms with E-state index in [1.165, 1.54) is 0 Å². The van der Waals surface area contributed by atoms with Gasteiger partial charge in [-0.25, -0.2) is 5.16 Å². The lowest BCUT2D eigenvalue weighted by atomic mass is 10.5. The molecule has 2 N–H and O–H groups in total. The molecule has 6 heteroatoms. The molecular formula is C7H11NO4S. The van der Waals surface area contributed by atoms with Crippen LogP contribution in [0, 0.1) is 0 Å². The minimum absolute atomic E-state index is 0.715. The zero-order valence-electron chi connectivity index (χ0n) is 7.04. The Morgan fingerprint density at radius 1 is 1.23 bits per heavy atom. The van der Waals surface area contributed by atoms with Crippen LogP contribution >= 0.6 is 0 Å². The molecule has 13 heavy (non-hydrogen) atoms. The van der Waals surface area contributed by atoms with Crippen molar-refractivity contribution >= 4 is 10.1 Å². The van der Waals surface area contributed by atoms with Crippen LogP contribution in [0.2, 0.25) is 0 Å². The van der Waals surface area contributed by atoms with Gasteiger partial charge >= 0.3 is 0 Å². The first-order valence-electron chi connectivity index (χ1n) is 3.32. The van der Waals surface area contributed by atoms with Crippen molar-refractivity contribution in [2.24, 2.45) is 0 Å². The lowest BCUT2D eigenvalue weighted by Gasteiger charge is -1.74. The summed E-state index contributed by atoms with van der Waals surface area (Å²) in [6.45, 7) is 0. The molecular weight excluding hydrogens is 194 g/mol. The first-order chi connectivity index (χ1) is 6.00. The SMILES string of the molecule is CS(=O)(=O)O.c1ccco[nH]cc1. The van der Waals surface area contributed by atoms with E-state index in [0.29, 0.717) is 6.26 Å². The Kier molecular flexibility index (Phi) is 5.66. The molecule has 0 saturated heterocycles. The molecule has 1 aromatic heterocycles. The fourth-order valence-corrected chi connectivity index (χ4v) is 0.386. The van der Waals surface area contributed by atoms with Crippen molar-refractivity contribution in [2.75, 3.05) is 6.26 Å². The maximum absolute atomic E-state index is 9.19. The van der Waals surface area contributed by atoms with Crippen molar-refractivity contribution in [2.45, 2.75) is 0 Å². The van der Waals surface area contributed by atoms with Crippen molar-refractivity contribution in [3.63, 3.8) is 0 Å². The summed E-state index contributed by atoms with van der Waals surface area (Å²) in [4.78, 5) is 0. The molecule has 0 amide bonds. The fourth-order valence-electron chi connectivity index (χ4n) is 0.386. The maximum Gasteiger partial charge on any atom is 0.261 e. The zero-order chi connectivity index (χ0) is 10.2. The van der Waals surface area contributed by atoms with E-state index in [1.54, 1.807) is 18.5 Å². The Bertz CT molecular complexity index is 279. The number of nitrogens with one attached hydrogen (secondary N) is 1. The molecule has 0 atom stereocenters. The number of H-pyrrole nitrogens is 1. The van der Waals surface area contributed by atoms with Crippen molar-refractivity contribution in [3.8, 4) is 0 Å². The fraction of sp³-hybridized carbons (Fsp3) is 0.143. The molecule has 1 rings (SSSR count). The van der Waals surface area contributed by atoms with Gasteiger partial charge in [0.25, 0.3) is 10.1 Å². The predicted molar refractivity (Wildman–Crippen MR) is 48.2 cm³/mol. The van der Waals surface area contributed by atoms with Crippen molar-refractivity contribution in [1.29, 1.82) is 0 Å². The lowest BCUT2D eigenvalue weighted by Crippen LogP contribution is -1.88. The van der Waals surface area contributed by atoms with Gasteiger partial charge in [0.05, 0.1) is 6.26 Å². The zero-order valence-corrected chi connectivity index (χ0v) is 7.86. The summed E-state index contributed by atoms with van der Waals surface area (Å²) < 4.78 is 30.6. The van der Waals surface area contributed by atoms with E-state index in [1.807, 2.05) is 18.2 Å². The van der Waals surface area contributed by atoms with Crippen LogP contribution in [-0.2, 0) is 10.1 Å². The first-order valence-corrected chi connectivity index (χ1v) is 5.17. The second kappa shape index (κ2) is 6.27. The largest absolute Gasteiger partial charge is 0.391 e. The Morgan fingerprint density at radius 2 is 1.77 bits per heavy atom. The van der Waals surface area contributed by atoms with E-state index in [9.17, 15) is 8.42 Å². The van der Waals surface area contributed by atoms with Gasteiger partial charge in [-0.3, -0.25) is 4.55 Å². The molecule has 0 saturated carbocycles. The number of aromatic amines is 1. The normalized spacial score (nSPS) is 9.38. The van der Waals surface area contributed by atoms with Gasteiger partial charge in [0.2, 0.25) is 0 Å². The molecule has 0 unspecified atom stereocenters. The van der Waals surface area contributed by atoms with Gasteiger partial charge in [-0.1, -0.05) is 12.1 Å². The third-order valence-electron chi connectivity index (χ3n) is 0.712. The molecule has 0 aromatic carbocycles. The Hall–Kier alpha value is -1.27. The van der Waals surface area contributed by atoms with E-state index in [2.05, 4.69) is 5.16 Å². The first kappa shape index (κ1) is 11.7. The van der Waals surface area contributed by atoms with Crippen molar-refractivity contribution in [3.05, 3.63) is 36.7 Å². The molecule has 5 nitrogen and oxygen atoms in total. The van der Waals surface area contributed by atoms with E-state index in [0.717, 1.165) is 0 Å². The molecule has 0 aliphatic rings. The average Bonchev–Trinajstić information content (AvgIpc) is 1.79. The minimum atomic E-state index is -3.67. The monoisotopic (exact) mass is 205 g/mol. The van der Waals surface area contributed by atoms with Crippen LogP contribution in [0.3, 0.4) is 0 Å². The lowest BCUT2D eigenvalue weighted by molar-refractivity contribution is 0.403. The number of hydrogen-bond donors (Lipinski definition) is 2. The third-order valence-corrected chi connectivity index (χ3v) is 0.712. The van der Waals surface area contributed by atoms with Crippen LogP contribution in [0.5, 0.6) is 0 Å². The van der Waals surface area contributed by atoms with Crippen LogP contribution in [0.4, 0.5) is 0 Å². The summed E-state index contributed by atoms with van der Waals surface area (Å²) in [5.41, 5.74) is 0. The topological polar surface area (TPSA) is 83.3 Å². The van der Waals surface area contributed by atoms with Gasteiger partial charge in [-0.15, -0.1) is 0 Å². The smallest absolute Gasteiger partial charge is 0.261 e. The van der Waals surface area contributed by atoms with Crippen LogP contribution in [-0.4, -0.2) is 24.4 Å². The number of rotatable bonds is 0. The Labute approximate surface area is 76.4 Å². The van der Waals surface area contributed by atoms with E-state index in [-0.39, 0.29) is 0 Å². The Morgan fingerprint density at radius 3 is 2.38 bits per heavy atom. The summed E-state index contributed by atoms with van der Waals surface area (Å²) in [7, 11) is -3.67. The van der Waals surface area contributed by atoms with Gasteiger partial charge in [0, 0.05) is 6.20 Å². The average molecular weight is 205 g/mol. The number of hydrogen-bond acceptors (Lipinski definition) is 3. The summed E-state index contributed by atoms with van der Waals surface area (Å²) >= 11 is 0. The second-order valence-electron chi connectivity index (χ2n) is 2.04. The summed E-state index contributed by atoms with van der Waals surface area (Å²) in [5.74, 6) is 0. The van der Waals surface area contributed by atoms with Gasteiger partial charge in [-0.05, 0) is 12.1 Å². The highest BCUT2D eigenvalue weighted by atomic mass is 32.2.